The van der Waals surface area contributed by atoms with Crippen LogP contribution in [0.2, 0.25) is 0 Å². The summed E-state index contributed by atoms with van der Waals surface area (Å²) in [4.78, 5) is 11.3. The van der Waals surface area contributed by atoms with Crippen LogP contribution in [-0.4, -0.2) is 24.7 Å². The average molecular weight is 234 g/mol. The van der Waals surface area contributed by atoms with Crippen molar-refractivity contribution in [1.29, 1.82) is 0 Å². The molecule has 1 saturated carbocycles. The molecular weight excluding hydrogens is 215 g/mol. The van der Waals surface area contributed by atoms with Crippen molar-refractivity contribution < 1.29 is 18.4 Å². The van der Waals surface area contributed by atoms with E-state index in [1.807, 2.05) is 0 Å². The van der Waals surface area contributed by atoms with Gasteiger partial charge in [-0.25, -0.2) is 0 Å². The third-order valence-corrected chi connectivity index (χ3v) is 5.09. The molecule has 0 spiro atoms. The zero-order chi connectivity index (χ0) is 11.3. The number of Topliss-reactive ketones (excluding diaryl/α,β-unsaturated/α-hetero) is 1. The predicted octanol–water partition coefficient (Wildman–Crippen LogP) is 2.76. The van der Waals surface area contributed by atoms with Crippen LogP contribution in [0, 0.1) is 0 Å². The molecule has 0 radical (unpaired) electrons. The normalized spacial score (nSPS) is 23.1. The molecule has 4 nitrogen and oxygen atoms in total. The van der Waals surface area contributed by atoms with Gasteiger partial charge in [-0.15, -0.1) is 0 Å². The molecule has 0 aromatic heterocycles. The number of carbonyl (C=O) groups is 1. The highest BCUT2D eigenvalue weighted by molar-refractivity contribution is 7.54. The second kappa shape index (κ2) is 5.78. The van der Waals surface area contributed by atoms with Crippen molar-refractivity contribution in [3.63, 3.8) is 0 Å². The van der Waals surface area contributed by atoms with Crippen molar-refractivity contribution in [2.45, 2.75) is 45.2 Å². The van der Waals surface area contributed by atoms with Gasteiger partial charge in [0.1, 0.15) is 5.78 Å². The van der Waals surface area contributed by atoms with Crippen LogP contribution in [0.5, 0.6) is 0 Å². The predicted molar refractivity (Wildman–Crippen MR) is 58.1 cm³/mol. The molecule has 0 heterocycles. The third-order valence-electron chi connectivity index (χ3n) is 2.52. The van der Waals surface area contributed by atoms with E-state index < -0.39 is 7.60 Å². The molecule has 0 aromatic carbocycles. The number of carbonyl (C=O) groups excluding carboxylic acids is 1. The van der Waals surface area contributed by atoms with Crippen LogP contribution in [0.1, 0.15) is 39.5 Å². The first-order chi connectivity index (χ1) is 7.12. The molecule has 1 aliphatic carbocycles. The largest absolute Gasteiger partial charge is 0.334 e. The first-order valence-electron chi connectivity index (χ1n) is 5.53. The number of hydrogen-bond acceptors (Lipinski definition) is 4. The van der Waals surface area contributed by atoms with Gasteiger partial charge in [-0.2, -0.15) is 0 Å². The van der Waals surface area contributed by atoms with Gasteiger partial charge >= 0.3 is 7.60 Å². The molecule has 1 unspecified atom stereocenters. The maximum atomic E-state index is 12.3. The van der Waals surface area contributed by atoms with Crippen molar-refractivity contribution in [2.75, 3.05) is 13.2 Å². The highest BCUT2D eigenvalue weighted by Crippen LogP contribution is 2.56. The van der Waals surface area contributed by atoms with E-state index in [2.05, 4.69) is 0 Å². The lowest BCUT2D eigenvalue weighted by Gasteiger charge is -2.28. The van der Waals surface area contributed by atoms with Gasteiger partial charge < -0.3 is 9.05 Å². The lowest BCUT2D eigenvalue weighted by Crippen LogP contribution is -2.22. The van der Waals surface area contributed by atoms with E-state index in [0.29, 0.717) is 26.1 Å². The van der Waals surface area contributed by atoms with Gasteiger partial charge in [0.15, 0.2) is 0 Å². The summed E-state index contributed by atoms with van der Waals surface area (Å²) in [5, 5.41) is 0. The van der Waals surface area contributed by atoms with Gasteiger partial charge in [0.25, 0.3) is 0 Å². The first-order valence-corrected chi connectivity index (χ1v) is 7.14. The van der Waals surface area contributed by atoms with Crippen LogP contribution in [0.15, 0.2) is 0 Å². The minimum Gasteiger partial charge on any atom is -0.309 e. The van der Waals surface area contributed by atoms with E-state index in [0.717, 1.165) is 12.8 Å². The molecule has 0 amide bonds. The molecule has 1 fully saturated rings. The Bertz CT molecular complexity index is 254. The Hall–Kier alpha value is -0.180. The maximum absolute atomic E-state index is 12.3. The fourth-order valence-electron chi connectivity index (χ4n) is 1.88. The van der Waals surface area contributed by atoms with Crippen LogP contribution in [0.4, 0.5) is 0 Å². The molecule has 0 bridgehead atoms. The Morgan fingerprint density at radius 2 is 1.93 bits per heavy atom. The van der Waals surface area contributed by atoms with Gasteiger partial charge in [-0.1, -0.05) is 0 Å². The van der Waals surface area contributed by atoms with Crippen molar-refractivity contribution >= 4 is 13.4 Å². The fraction of sp³-hybridized carbons (Fsp3) is 0.900. The monoisotopic (exact) mass is 234 g/mol. The molecule has 15 heavy (non-hydrogen) atoms. The van der Waals surface area contributed by atoms with Crippen molar-refractivity contribution in [2.24, 2.45) is 0 Å². The van der Waals surface area contributed by atoms with E-state index in [1.54, 1.807) is 13.8 Å². The highest BCUT2D eigenvalue weighted by Gasteiger charge is 2.38. The molecule has 1 atom stereocenters. The SMILES string of the molecule is CCOP(=O)(OCC)C1CCCC(=O)C1. The lowest BCUT2D eigenvalue weighted by atomic mass is 9.99. The molecule has 88 valence electrons. The smallest absolute Gasteiger partial charge is 0.309 e. The minimum absolute atomic E-state index is 0.172. The zero-order valence-electron chi connectivity index (χ0n) is 9.40. The van der Waals surface area contributed by atoms with Gasteiger partial charge in [0.05, 0.1) is 18.9 Å². The summed E-state index contributed by atoms with van der Waals surface area (Å²) in [6.07, 6.45) is 2.52. The zero-order valence-corrected chi connectivity index (χ0v) is 10.3. The Labute approximate surface area is 90.9 Å². The van der Waals surface area contributed by atoms with Crippen molar-refractivity contribution in [3.8, 4) is 0 Å². The second-order valence-corrected chi connectivity index (χ2v) is 5.99. The Kier molecular flexibility index (Phi) is 4.97. The summed E-state index contributed by atoms with van der Waals surface area (Å²) in [5.41, 5.74) is -0.223. The molecular formula is C10H19O4P. The summed E-state index contributed by atoms with van der Waals surface area (Å²) < 4.78 is 22.8. The highest BCUT2D eigenvalue weighted by atomic mass is 31.2. The molecule has 0 N–H and O–H groups in total. The molecule has 1 rings (SSSR count). The number of hydrogen-bond donors (Lipinski definition) is 0. The fourth-order valence-corrected chi connectivity index (χ4v) is 4.02. The number of rotatable bonds is 5. The van der Waals surface area contributed by atoms with Crippen LogP contribution < -0.4 is 0 Å². The van der Waals surface area contributed by atoms with E-state index in [4.69, 9.17) is 9.05 Å². The van der Waals surface area contributed by atoms with Crippen LogP contribution in [0.3, 0.4) is 0 Å². The average Bonchev–Trinajstić information content (AvgIpc) is 2.18. The Balaban J connectivity index is 2.69. The van der Waals surface area contributed by atoms with Gasteiger partial charge in [0, 0.05) is 12.8 Å². The number of ketones is 1. The van der Waals surface area contributed by atoms with Crippen molar-refractivity contribution in [1.82, 2.24) is 0 Å². The standard InChI is InChI=1S/C10H19O4P/c1-3-13-15(12,14-4-2)10-7-5-6-9(11)8-10/h10H,3-8H2,1-2H3. The summed E-state index contributed by atoms with van der Waals surface area (Å²) in [6, 6.07) is 0. The maximum Gasteiger partial charge on any atom is 0.334 e. The Morgan fingerprint density at radius 1 is 1.33 bits per heavy atom. The van der Waals surface area contributed by atoms with Crippen molar-refractivity contribution in [3.05, 3.63) is 0 Å². The van der Waals surface area contributed by atoms with E-state index in [1.165, 1.54) is 0 Å². The first kappa shape index (κ1) is 12.9. The molecule has 1 aliphatic rings. The quantitative estimate of drug-likeness (QED) is 0.686. The summed E-state index contributed by atoms with van der Waals surface area (Å²) in [5.74, 6) is 0.172. The van der Waals surface area contributed by atoms with E-state index >= 15 is 0 Å². The van der Waals surface area contributed by atoms with Gasteiger partial charge in [-0.05, 0) is 26.7 Å². The third kappa shape index (κ3) is 3.40. The second-order valence-electron chi connectivity index (χ2n) is 3.66. The molecule has 0 saturated heterocycles. The summed E-state index contributed by atoms with van der Waals surface area (Å²) in [7, 11) is -3.05. The van der Waals surface area contributed by atoms with Gasteiger partial charge in [-0.3, -0.25) is 9.36 Å². The molecule has 5 heteroatoms. The topological polar surface area (TPSA) is 52.6 Å². The summed E-state index contributed by atoms with van der Waals surface area (Å²) >= 11 is 0. The van der Waals surface area contributed by atoms with E-state index in [-0.39, 0.29) is 11.4 Å². The van der Waals surface area contributed by atoms with Crippen LogP contribution >= 0.6 is 7.60 Å². The van der Waals surface area contributed by atoms with E-state index in [9.17, 15) is 9.36 Å². The molecule has 0 aromatic rings. The Morgan fingerprint density at radius 3 is 2.40 bits per heavy atom. The van der Waals surface area contributed by atoms with Crippen LogP contribution in [-0.2, 0) is 18.4 Å². The minimum atomic E-state index is -3.05. The lowest BCUT2D eigenvalue weighted by molar-refractivity contribution is -0.120. The molecule has 0 aliphatic heterocycles. The van der Waals surface area contributed by atoms with Gasteiger partial charge in [0.2, 0.25) is 0 Å². The van der Waals surface area contributed by atoms with Crippen LogP contribution in [0.25, 0.3) is 0 Å². The summed E-state index contributed by atoms with van der Waals surface area (Å²) in [6.45, 7) is 4.30.